The summed E-state index contributed by atoms with van der Waals surface area (Å²) in [5, 5.41) is 11.8. The Balaban J connectivity index is 2.25. The monoisotopic (exact) mass is 258 g/mol. The van der Waals surface area contributed by atoms with Crippen LogP contribution in [0.15, 0.2) is 0 Å². The fraction of sp³-hybridized carbons (Fsp3) is 0.833. The predicted molar refractivity (Wildman–Crippen MR) is 66.4 cm³/mol. The fourth-order valence-electron chi connectivity index (χ4n) is 2.13. The maximum Gasteiger partial charge on any atom is 0.317 e. The third-order valence-electron chi connectivity index (χ3n) is 3.27. The van der Waals surface area contributed by atoms with E-state index in [0.29, 0.717) is 26.2 Å². The van der Waals surface area contributed by atoms with Gasteiger partial charge >= 0.3 is 12.0 Å². The minimum atomic E-state index is -0.821. The van der Waals surface area contributed by atoms with Crippen molar-refractivity contribution in [1.29, 1.82) is 0 Å². The molecule has 0 unspecified atom stereocenters. The molecule has 2 N–H and O–H groups in total. The highest BCUT2D eigenvalue weighted by Gasteiger charge is 2.36. The van der Waals surface area contributed by atoms with Crippen LogP contribution in [0.4, 0.5) is 4.79 Å². The molecule has 0 aromatic rings. The van der Waals surface area contributed by atoms with Crippen molar-refractivity contribution in [2.75, 3.05) is 33.4 Å². The largest absolute Gasteiger partial charge is 0.481 e. The molecule has 1 fully saturated rings. The van der Waals surface area contributed by atoms with Gasteiger partial charge in [-0.2, -0.15) is 0 Å². The van der Waals surface area contributed by atoms with Crippen molar-refractivity contribution in [3.05, 3.63) is 0 Å². The molecule has 2 atom stereocenters. The van der Waals surface area contributed by atoms with Crippen LogP contribution >= 0.6 is 0 Å². The van der Waals surface area contributed by atoms with Crippen molar-refractivity contribution >= 4 is 12.0 Å². The van der Waals surface area contributed by atoms with Gasteiger partial charge < -0.3 is 20.1 Å². The van der Waals surface area contributed by atoms with E-state index in [1.165, 1.54) is 0 Å². The molecular weight excluding hydrogens is 236 g/mol. The molecule has 1 aliphatic heterocycles. The maximum absolute atomic E-state index is 11.8. The number of urea groups is 1. The lowest BCUT2D eigenvalue weighted by atomic mass is 9.99. The molecular formula is C12H22N2O4. The first-order valence-electron chi connectivity index (χ1n) is 6.30. The number of likely N-dealkylation sites (tertiary alicyclic amines) is 1. The second-order valence-electron chi connectivity index (χ2n) is 4.76. The Morgan fingerprint density at radius 3 is 2.67 bits per heavy atom. The van der Waals surface area contributed by atoms with Crippen LogP contribution in [0.1, 0.15) is 19.8 Å². The topological polar surface area (TPSA) is 78.9 Å². The highest BCUT2D eigenvalue weighted by Crippen LogP contribution is 2.22. The number of rotatable bonds is 6. The standard InChI is InChI=1S/C12H22N2O4/c1-9-7-14(8-10(9)11(15)16)12(17)13-5-3-4-6-18-2/h9-10H,3-8H2,1-2H3,(H,13,17)(H,15,16)/t9-,10-/m1/s1. The smallest absolute Gasteiger partial charge is 0.317 e. The number of amides is 2. The number of carboxylic acid groups (broad SMARTS) is 1. The molecule has 0 aromatic heterocycles. The number of carbonyl (C=O) groups excluding carboxylic acids is 1. The molecule has 104 valence electrons. The molecule has 6 nitrogen and oxygen atoms in total. The molecule has 2 amide bonds. The van der Waals surface area contributed by atoms with Crippen LogP contribution in [0, 0.1) is 11.8 Å². The van der Waals surface area contributed by atoms with Crippen molar-refractivity contribution in [3.8, 4) is 0 Å². The minimum Gasteiger partial charge on any atom is -0.481 e. The number of hydrogen-bond donors (Lipinski definition) is 2. The Bertz CT molecular complexity index is 296. The minimum absolute atomic E-state index is 0.0155. The zero-order valence-electron chi connectivity index (χ0n) is 11.0. The van der Waals surface area contributed by atoms with E-state index in [1.54, 1.807) is 12.0 Å². The van der Waals surface area contributed by atoms with E-state index in [1.807, 2.05) is 6.92 Å². The van der Waals surface area contributed by atoms with E-state index >= 15 is 0 Å². The van der Waals surface area contributed by atoms with Crippen molar-refractivity contribution in [3.63, 3.8) is 0 Å². The van der Waals surface area contributed by atoms with Crippen LogP contribution in [0.2, 0.25) is 0 Å². The molecule has 18 heavy (non-hydrogen) atoms. The number of methoxy groups -OCH3 is 1. The molecule has 1 rings (SSSR count). The first-order valence-corrected chi connectivity index (χ1v) is 6.30. The van der Waals surface area contributed by atoms with Crippen LogP contribution in [0.5, 0.6) is 0 Å². The van der Waals surface area contributed by atoms with Crippen LogP contribution < -0.4 is 5.32 Å². The van der Waals surface area contributed by atoms with Gasteiger partial charge in [-0.05, 0) is 18.8 Å². The van der Waals surface area contributed by atoms with E-state index in [4.69, 9.17) is 9.84 Å². The second kappa shape index (κ2) is 7.20. The molecule has 0 aliphatic carbocycles. The Morgan fingerprint density at radius 1 is 1.39 bits per heavy atom. The molecule has 0 spiro atoms. The number of carboxylic acids is 1. The average molecular weight is 258 g/mol. The normalized spacial score (nSPS) is 23.1. The molecule has 0 saturated carbocycles. The third kappa shape index (κ3) is 4.18. The lowest BCUT2D eigenvalue weighted by molar-refractivity contribution is -0.142. The maximum atomic E-state index is 11.8. The molecule has 1 heterocycles. The summed E-state index contributed by atoms with van der Waals surface area (Å²) >= 11 is 0. The van der Waals surface area contributed by atoms with Gasteiger partial charge in [-0.15, -0.1) is 0 Å². The first kappa shape index (κ1) is 14.8. The van der Waals surface area contributed by atoms with Gasteiger partial charge in [0.05, 0.1) is 5.92 Å². The third-order valence-corrected chi connectivity index (χ3v) is 3.27. The van der Waals surface area contributed by atoms with E-state index < -0.39 is 11.9 Å². The molecule has 1 saturated heterocycles. The number of ether oxygens (including phenoxy) is 1. The van der Waals surface area contributed by atoms with Crippen LogP contribution in [0.25, 0.3) is 0 Å². The number of nitrogens with one attached hydrogen (secondary N) is 1. The van der Waals surface area contributed by atoms with E-state index in [0.717, 1.165) is 12.8 Å². The van der Waals surface area contributed by atoms with Gasteiger partial charge in [-0.1, -0.05) is 6.92 Å². The molecule has 6 heteroatoms. The number of carbonyl (C=O) groups is 2. The van der Waals surface area contributed by atoms with Crippen molar-refractivity contribution in [2.45, 2.75) is 19.8 Å². The summed E-state index contributed by atoms with van der Waals surface area (Å²) < 4.78 is 4.91. The Morgan fingerprint density at radius 2 is 2.11 bits per heavy atom. The van der Waals surface area contributed by atoms with Gasteiger partial charge in [0, 0.05) is 33.4 Å². The second-order valence-corrected chi connectivity index (χ2v) is 4.76. The number of aliphatic carboxylic acids is 1. The lowest BCUT2D eigenvalue weighted by Gasteiger charge is -2.16. The summed E-state index contributed by atoms with van der Waals surface area (Å²) in [6.07, 6.45) is 1.77. The molecule has 1 aliphatic rings. The summed E-state index contributed by atoms with van der Waals surface area (Å²) in [5.74, 6) is -1.25. The number of hydrogen-bond acceptors (Lipinski definition) is 3. The summed E-state index contributed by atoms with van der Waals surface area (Å²) in [7, 11) is 1.65. The average Bonchev–Trinajstić information content (AvgIpc) is 2.71. The van der Waals surface area contributed by atoms with Gasteiger partial charge in [-0.25, -0.2) is 4.79 Å². The van der Waals surface area contributed by atoms with Crippen LogP contribution in [-0.4, -0.2) is 55.4 Å². The van der Waals surface area contributed by atoms with Crippen molar-refractivity contribution in [1.82, 2.24) is 10.2 Å². The summed E-state index contributed by atoms with van der Waals surface area (Å²) in [6, 6.07) is -0.164. The summed E-state index contributed by atoms with van der Waals surface area (Å²) in [6.45, 7) is 3.98. The number of unbranched alkanes of at least 4 members (excludes halogenated alkanes) is 1. The first-order chi connectivity index (χ1) is 8.56. The van der Waals surface area contributed by atoms with Gasteiger partial charge in [0.2, 0.25) is 0 Å². The van der Waals surface area contributed by atoms with Crippen molar-refractivity contribution in [2.24, 2.45) is 11.8 Å². The molecule has 0 bridgehead atoms. The fourth-order valence-corrected chi connectivity index (χ4v) is 2.13. The van der Waals surface area contributed by atoms with Crippen LogP contribution in [-0.2, 0) is 9.53 Å². The van der Waals surface area contributed by atoms with Gasteiger partial charge in [0.1, 0.15) is 0 Å². The highest BCUT2D eigenvalue weighted by atomic mass is 16.5. The van der Waals surface area contributed by atoms with Crippen LogP contribution in [0.3, 0.4) is 0 Å². The van der Waals surface area contributed by atoms with E-state index in [9.17, 15) is 9.59 Å². The predicted octanol–water partition coefficient (Wildman–Crippen LogP) is 0.775. The lowest BCUT2D eigenvalue weighted by Crippen LogP contribution is -2.39. The summed E-state index contributed by atoms with van der Waals surface area (Å²) in [4.78, 5) is 24.3. The SMILES string of the molecule is COCCCCNC(=O)N1C[C@@H](C)[C@H](C(=O)O)C1. The Labute approximate surface area is 107 Å². The Hall–Kier alpha value is -1.30. The number of nitrogens with zero attached hydrogens (tertiary/aromatic N) is 1. The highest BCUT2D eigenvalue weighted by molar-refractivity contribution is 5.77. The van der Waals surface area contributed by atoms with Gasteiger partial charge in [0.25, 0.3) is 0 Å². The molecule has 0 aromatic carbocycles. The van der Waals surface area contributed by atoms with E-state index in [-0.39, 0.29) is 11.9 Å². The van der Waals surface area contributed by atoms with Crippen molar-refractivity contribution < 1.29 is 19.4 Å². The van der Waals surface area contributed by atoms with Gasteiger partial charge in [-0.3, -0.25) is 4.79 Å². The summed E-state index contributed by atoms with van der Waals surface area (Å²) in [5.41, 5.74) is 0. The van der Waals surface area contributed by atoms with E-state index in [2.05, 4.69) is 5.32 Å². The molecule has 0 radical (unpaired) electrons. The Kier molecular flexibility index (Phi) is 5.91. The zero-order valence-corrected chi connectivity index (χ0v) is 11.0. The quantitative estimate of drug-likeness (QED) is 0.690. The van der Waals surface area contributed by atoms with Gasteiger partial charge in [0.15, 0.2) is 0 Å². The zero-order chi connectivity index (χ0) is 13.5.